The smallest absolute Gasteiger partial charge is 0.251 e. The third kappa shape index (κ3) is 4.66. The third-order valence-corrected chi connectivity index (χ3v) is 2.72. The zero-order valence-corrected chi connectivity index (χ0v) is 12.7. The number of hydrogen-bond donors (Lipinski definition) is 2. The van der Waals surface area contributed by atoms with E-state index < -0.39 is 0 Å². The molecule has 0 radical (unpaired) electrons. The van der Waals surface area contributed by atoms with E-state index in [0.29, 0.717) is 11.3 Å². The molecule has 0 bridgehead atoms. The quantitative estimate of drug-likeness (QED) is 0.886. The van der Waals surface area contributed by atoms with Crippen molar-refractivity contribution in [2.24, 2.45) is 0 Å². The standard InChI is InChI=1S/C15H22N2O3/c1-10-11(14(19)16-5)7-6-8-12(10)17-13(18)9-20-15(2,3)4/h6-8H,9H2,1-5H3,(H,16,19)(H,17,18). The normalized spacial score (nSPS) is 11.1. The lowest BCUT2D eigenvalue weighted by molar-refractivity contribution is -0.125. The first-order valence-corrected chi connectivity index (χ1v) is 6.50. The molecule has 0 aliphatic heterocycles. The predicted octanol–water partition coefficient (Wildman–Crippen LogP) is 2.11. The van der Waals surface area contributed by atoms with Crippen molar-refractivity contribution < 1.29 is 14.3 Å². The van der Waals surface area contributed by atoms with Crippen molar-refractivity contribution in [3.05, 3.63) is 29.3 Å². The van der Waals surface area contributed by atoms with Gasteiger partial charge in [-0.3, -0.25) is 9.59 Å². The first kappa shape index (κ1) is 16.2. The summed E-state index contributed by atoms with van der Waals surface area (Å²) in [5.41, 5.74) is 1.53. The molecule has 0 saturated carbocycles. The van der Waals surface area contributed by atoms with Crippen LogP contribution in [-0.4, -0.2) is 31.1 Å². The maximum absolute atomic E-state index is 11.8. The van der Waals surface area contributed by atoms with E-state index in [1.807, 2.05) is 20.8 Å². The molecule has 1 aromatic rings. The summed E-state index contributed by atoms with van der Waals surface area (Å²) in [4.78, 5) is 23.5. The molecule has 20 heavy (non-hydrogen) atoms. The summed E-state index contributed by atoms with van der Waals surface area (Å²) in [5, 5.41) is 5.33. The van der Waals surface area contributed by atoms with Crippen LogP contribution in [0.1, 0.15) is 36.7 Å². The molecule has 2 amide bonds. The molecule has 0 spiro atoms. The van der Waals surface area contributed by atoms with Crippen LogP contribution in [-0.2, 0) is 9.53 Å². The molecule has 0 aromatic heterocycles. The summed E-state index contributed by atoms with van der Waals surface area (Å²) in [6.45, 7) is 7.44. The lowest BCUT2D eigenvalue weighted by Crippen LogP contribution is -2.27. The van der Waals surface area contributed by atoms with Crippen molar-refractivity contribution in [2.75, 3.05) is 19.0 Å². The van der Waals surface area contributed by atoms with Crippen LogP contribution >= 0.6 is 0 Å². The van der Waals surface area contributed by atoms with Gasteiger partial charge in [0.2, 0.25) is 5.91 Å². The highest BCUT2D eigenvalue weighted by atomic mass is 16.5. The van der Waals surface area contributed by atoms with Crippen molar-refractivity contribution in [1.29, 1.82) is 0 Å². The van der Waals surface area contributed by atoms with Crippen LogP contribution in [0.5, 0.6) is 0 Å². The molecule has 5 nitrogen and oxygen atoms in total. The zero-order chi connectivity index (χ0) is 15.3. The van der Waals surface area contributed by atoms with Crippen LogP contribution in [0, 0.1) is 6.92 Å². The Bertz CT molecular complexity index is 504. The number of rotatable bonds is 4. The van der Waals surface area contributed by atoms with Gasteiger partial charge in [0.1, 0.15) is 6.61 Å². The maximum Gasteiger partial charge on any atom is 0.251 e. The number of carbonyl (C=O) groups excluding carboxylic acids is 2. The minimum Gasteiger partial charge on any atom is -0.366 e. The Kier molecular flexibility index (Phi) is 5.27. The highest BCUT2D eigenvalue weighted by molar-refractivity contribution is 5.99. The first-order chi connectivity index (χ1) is 9.24. The van der Waals surface area contributed by atoms with E-state index in [9.17, 15) is 9.59 Å². The summed E-state index contributed by atoms with van der Waals surface area (Å²) >= 11 is 0. The Morgan fingerprint density at radius 2 is 1.90 bits per heavy atom. The number of hydrogen-bond acceptors (Lipinski definition) is 3. The first-order valence-electron chi connectivity index (χ1n) is 6.50. The molecular weight excluding hydrogens is 256 g/mol. The molecule has 0 aliphatic rings. The second kappa shape index (κ2) is 6.52. The minimum atomic E-state index is -0.365. The molecule has 1 rings (SSSR count). The molecule has 0 atom stereocenters. The second-order valence-electron chi connectivity index (χ2n) is 5.51. The van der Waals surface area contributed by atoms with Gasteiger partial charge in [-0.05, 0) is 45.4 Å². The second-order valence-corrected chi connectivity index (χ2v) is 5.51. The number of ether oxygens (including phenoxy) is 1. The summed E-state index contributed by atoms with van der Waals surface area (Å²) < 4.78 is 5.41. The largest absolute Gasteiger partial charge is 0.366 e. The fourth-order valence-corrected chi connectivity index (χ4v) is 1.62. The minimum absolute atomic E-state index is 0.0207. The topological polar surface area (TPSA) is 67.4 Å². The highest BCUT2D eigenvalue weighted by Crippen LogP contribution is 2.19. The molecule has 0 aliphatic carbocycles. The lowest BCUT2D eigenvalue weighted by atomic mass is 10.1. The van der Waals surface area contributed by atoms with Gasteiger partial charge in [-0.15, -0.1) is 0 Å². The fraction of sp³-hybridized carbons (Fsp3) is 0.467. The van der Waals surface area contributed by atoms with Gasteiger partial charge in [-0.25, -0.2) is 0 Å². The Morgan fingerprint density at radius 1 is 1.25 bits per heavy atom. The van der Waals surface area contributed by atoms with Crippen molar-refractivity contribution in [2.45, 2.75) is 33.3 Å². The monoisotopic (exact) mass is 278 g/mol. The SMILES string of the molecule is CNC(=O)c1cccc(NC(=O)COC(C)(C)C)c1C. The maximum atomic E-state index is 11.8. The zero-order valence-electron chi connectivity index (χ0n) is 12.7. The molecule has 2 N–H and O–H groups in total. The Hall–Kier alpha value is -1.88. The predicted molar refractivity (Wildman–Crippen MR) is 78.9 cm³/mol. The van der Waals surface area contributed by atoms with Crippen LogP contribution in [0.25, 0.3) is 0 Å². The molecule has 110 valence electrons. The van der Waals surface area contributed by atoms with Crippen LogP contribution in [0.15, 0.2) is 18.2 Å². The molecular formula is C15H22N2O3. The molecule has 0 unspecified atom stereocenters. The van der Waals surface area contributed by atoms with Gasteiger partial charge in [0, 0.05) is 18.3 Å². The van der Waals surface area contributed by atoms with E-state index in [4.69, 9.17) is 4.74 Å². The van der Waals surface area contributed by atoms with E-state index in [-0.39, 0.29) is 24.0 Å². The number of carbonyl (C=O) groups is 2. The van der Waals surface area contributed by atoms with E-state index >= 15 is 0 Å². The van der Waals surface area contributed by atoms with E-state index in [2.05, 4.69) is 10.6 Å². The average molecular weight is 278 g/mol. The summed E-state index contributed by atoms with van der Waals surface area (Å²) in [5.74, 6) is -0.415. The summed E-state index contributed by atoms with van der Waals surface area (Å²) in [7, 11) is 1.57. The van der Waals surface area contributed by atoms with Gasteiger partial charge in [0.05, 0.1) is 5.60 Å². The van der Waals surface area contributed by atoms with Gasteiger partial charge in [-0.1, -0.05) is 6.07 Å². The van der Waals surface area contributed by atoms with Crippen molar-refractivity contribution in [3.63, 3.8) is 0 Å². The molecule has 1 aromatic carbocycles. The van der Waals surface area contributed by atoms with Gasteiger partial charge < -0.3 is 15.4 Å². The van der Waals surface area contributed by atoms with E-state index in [1.165, 1.54) is 0 Å². The van der Waals surface area contributed by atoms with Crippen LogP contribution < -0.4 is 10.6 Å². The highest BCUT2D eigenvalue weighted by Gasteiger charge is 2.15. The molecule has 0 saturated heterocycles. The fourth-order valence-electron chi connectivity index (χ4n) is 1.62. The van der Waals surface area contributed by atoms with Gasteiger partial charge >= 0.3 is 0 Å². The van der Waals surface area contributed by atoms with Crippen LogP contribution in [0.4, 0.5) is 5.69 Å². The van der Waals surface area contributed by atoms with Crippen molar-refractivity contribution in [3.8, 4) is 0 Å². The van der Waals surface area contributed by atoms with Crippen molar-refractivity contribution >= 4 is 17.5 Å². The van der Waals surface area contributed by atoms with E-state index in [0.717, 1.165) is 5.56 Å². The van der Waals surface area contributed by atoms with Crippen LogP contribution in [0.3, 0.4) is 0 Å². The number of amides is 2. The molecule has 0 fully saturated rings. The Morgan fingerprint density at radius 3 is 2.45 bits per heavy atom. The van der Waals surface area contributed by atoms with Gasteiger partial charge in [0.25, 0.3) is 5.91 Å². The molecule has 0 heterocycles. The number of nitrogens with one attached hydrogen (secondary N) is 2. The number of anilines is 1. The Balaban J connectivity index is 2.78. The third-order valence-electron chi connectivity index (χ3n) is 2.72. The lowest BCUT2D eigenvalue weighted by Gasteiger charge is -2.19. The summed E-state index contributed by atoms with van der Waals surface area (Å²) in [6.07, 6.45) is 0. The average Bonchev–Trinajstić information content (AvgIpc) is 2.37. The molecule has 5 heteroatoms. The Labute approximate surface area is 119 Å². The summed E-state index contributed by atoms with van der Waals surface area (Å²) in [6, 6.07) is 5.21. The van der Waals surface area contributed by atoms with Crippen LogP contribution in [0.2, 0.25) is 0 Å². The van der Waals surface area contributed by atoms with Gasteiger partial charge in [-0.2, -0.15) is 0 Å². The van der Waals surface area contributed by atoms with Gasteiger partial charge in [0.15, 0.2) is 0 Å². The number of benzene rings is 1. The van der Waals surface area contributed by atoms with E-state index in [1.54, 1.807) is 32.2 Å². The van der Waals surface area contributed by atoms with Crippen molar-refractivity contribution in [1.82, 2.24) is 5.32 Å².